The number of aliphatic hydroxyl groups is 1. The Morgan fingerprint density at radius 2 is 2.00 bits per heavy atom. The van der Waals surface area contributed by atoms with Crippen molar-refractivity contribution in [2.24, 2.45) is 0 Å². The van der Waals surface area contributed by atoms with E-state index in [1.54, 1.807) is 24.3 Å². The minimum atomic E-state index is -0.960. The Morgan fingerprint density at radius 1 is 1.25 bits per heavy atom. The zero-order chi connectivity index (χ0) is 14.7. The quantitative estimate of drug-likeness (QED) is 0.905. The molecule has 0 heterocycles. The molecule has 0 fully saturated rings. The monoisotopic (exact) mass is 314 g/mol. The maximum Gasteiger partial charge on any atom is 0.127 e. The molecule has 5 heteroatoms. The summed E-state index contributed by atoms with van der Waals surface area (Å²) < 4.78 is 18.9. The maximum absolute atomic E-state index is 13.7. The van der Waals surface area contributed by atoms with Crippen molar-refractivity contribution in [2.45, 2.75) is 12.5 Å². The molecule has 1 unspecified atom stereocenters. The molecule has 2 aromatic rings. The summed E-state index contributed by atoms with van der Waals surface area (Å²) in [5.41, 5.74) is 0.767. The van der Waals surface area contributed by atoms with E-state index in [1.807, 2.05) is 0 Å². The summed E-state index contributed by atoms with van der Waals surface area (Å²) in [4.78, 5) is 0. The summed E-state index contributed by atoms with van der Waals surface area (Å²) in [6.07, 6.45) is -0.916. The molecular weight excluding hydrogens is 302 g/mol. The predicted octanol–water partition coefficient (Wildman–Crippen LogP) is 4.42. The van der Waals surface area contributed by atoms with E-state index >= 15 is 0 Å². The van der Waals surface area contributed by atoms with Crippen LogP contribution in [0.1, 0.15) is 17.2 Å². The van der Waals surface area contributed by atoms with Crippen LogP contribution in [0.2, 0.25) is 10.0 Å². The van der Waals surface area contributed by atoms with E-state index in [9.17, 15) is 9.50 Å². The first-order chi connectivity index (χ1) is 9.52. The molecule has 2 nitrogen and oxygen atoms in total. The zero-order valence-electron chi connectivity index (χ0n) is 10.7. The van der Waals surface area contributed by atoms with Crippen LogP contribution in [0.15, 0.2) is 36.4 Å². The second-order valence-corrected chi connectivity index (χ2v) is 5.15. The fourth-order valence-corrected chi connectivity index (χ4v) is 2.42. The van der Waals surface area contributed by atoms with Crippen LogP contribution in [0.25, 0.3) is 0 Å². The van der Waals surface area contributed by atoms with Crippen molar-refractivity contribution in [2.75, 3.05) is 7.11 Å². The summed E-state index contributed by atoms with van der Waals surface area (Å²) in [5, 5.41) is 11.0. The lowest BCUT2D eigenvalue weighted by molar-refractivity contribution is 0.173. The van der Waals surface area contributed by atoms with Crippen LogP contribution in [0.3, 0.4) is 0 Å². The molecule has 0 aliphatic heterocycles. The van der Waals surface area contributed by atoms with Gasteiger partial charge >= 0.3 is 0 Å². The average molecular weight is 315 g/mol. The van der Waals surface area contributed by atoms with Gasteiger partial charge in [0.25, 0.3) is 0 Å². The van der Waals surface area contributed by atoms with Gasteiger partial charge in [-0.25, -0.2) is 4.39 Å². The van der Waals surface area contributed by atoms with Crippen LogP contribution < -0.4 is 4.74 Å². The van der Waals surface area contributed by atoms with Crippen LogP contribution in [0.4, 0.5) is 4.39 Å². The van der Waals surface area contributed by atoms with Crippen molar-refractivity contribution >= 4 is 23.2 Å². The van der Waals surface area contributed by atoms with Gasteiger partial charge in [-0.05, 0) is 30.3 Å². The number of ether oxygens (including phenoxy) is 1. The van der Waals surface area contributed by atoms with Gasteiger partial charge in [0.1, 0.15) is 11.6 Å². The van der Waals surface area contributed by atoms with E-state index in [-0.39, 0.29) is 17.0 Å². The third-order valence-corrected chi connectivity index (χ3v) is 3.60. The van der Waals surface area contributed by atoms with E-state index in [4.69, 9.17) is 27.9 Å². The van der Waals surface area contributed by atoms with Crippen molar-refractivity contribution in [1.82, 2.24) is 0 Å². The molecule has 1 atom stereocenters. The zero-order valence-corrected chi connectivity index (χ0v) is 12.2. The van der Waals surface area contributed by atoms with Gasteiger partial charge in [0.2, 0.25) is 0 Å². The highest BCUT2D eigenvalue weighted by molar-refractivity contribution is 6.31. The summed E-state index contributed by atoms with van der Waals surface area (Å²) in [7, 11) is 1.50. The van der Waals surface area contributed by atoms with E-state index in [2.05, 4.69) is 0 Å². The predicted molar refractivity (Wildman–Crippen MR) is 78.1 cm³/mol. The maximum atomic E-state index is 13.7. The van der Waals surface area contributed by atoms with Gasteiger partial charge in [-0.2, -0.15) is 0 Å². The second-order valence-electron chi connectivity index (χ2n) is 4.31. The van der Waals surface area contributed by atoms with Gasteiger partial charge in [0.05, 0.1) is 13.2 Å². The van der Waals surface area contributed by atoms with E-state index < -0.39 is 11.9 Å². The molecule has 106 valence electrons. The topological polar surface area (TPSA) is 29.5 Å². The highest BCUT2D eigenvalue weighted by Gasteiger charge is 2.18. The molecule has 0 aliphatic rings. The Labute approximate surface area is 126 Å². The Kier molecular flexibility index (Phi) is 4.86. The molecule has 2 rings (SSSR count). The average Bonchev–Trinajstić information content (AvgIpc) is 2.43. The third kappa shape index (κ3) is 3.23. The molecule has 0 spiro atoms. The molecule has 1 N–H and O–H groups in total. The summed E-state index contributed by atoms with van der Waals surface area (Å²) in [5.74, 6) is 0.0481. The minimum absolute atomic E-state index is 0.0439. The number of halogens is 3. The van der Waals surface area contributed by atoms with Gasteiger partial charge in [-0.3, -0.25) is 0 Å². The molecule has 20 heavy (non-hydrogen) atoms. The summed E-state index contributed by atoms with van der Waals surface area (Å²) in [6.45, 7) is 0. The summed E-state index contributed by atoms with van der Waals surface area (Å²) in [6, 6.07) is 9.33. The molecular formula is C15H13Cl2FO2. The van der Waals surface area contributed by atoms with Crippen LogP contribution in [0.5, 0.6) is 5.75 Å². The second kappa shape index (κ2) is 6.44. The fourth-order valence-electron chi connectivity index (χ4n) is 2.00. The lowest BCUT2D eigenvalue weighted by atomic mass is 10.00. The molecule has 0 amide bonds. The molecule has 0 saturated heterocycles. The first-order valence-corrected chi connectivity index (χ1v) is 6.73. The van der Waals surface area contributed by atoms with Gasteiger partial charge < -0.3 is 9.84 Å². The Bertz CT molecular complexity index is 597. The van der Waals surface area contributed by atoms with E-state index in [1.165, 1.54) is 19.2 Å². The van der Waals surface area contributed by atoms with Crippen LogP contribution >= 0.6 is 23.2 Å². The molecule has 0 aromatic heterocycles. The highest BCUT2D eigenvalue weighted by atomic mass is 35.5. The number of hydrogen-bond acceptors (Lipinski definition) is 2. The van der Waals surface area contributed by atoms with Gasteiger partial charge in [0.15, 0.2) is 0 Å². The highest BCUT2D eigenvalue weighted by Crippen LogP contribution is 2.32. The van der Waals surface area contributed by atoms with Gasteiger partial charge in [-0.15, -0.1) is 0 Å². The van der Waals surface area contributed by atoms with Crippen LogP contribution in [-0.2, 0) is 6.42 Å². The largest absolute Gasteiger partial charge is 0.496 e. The van der Waals surface area contributed by atoms with E-state index in [0.717, 1.165) is 0 Å². The molecule has 0 aliphatic carbocycles. The minimum Gasteiger partial charge on any atom is -0.496 e. The SMILES string of the molecule is COc1ccc(Cl)cc1C(O)Cc1c(F)cccc1Cl. The number of benzene rings is 2. The number of methoxy groups -OCH3 is 1. The van der Waals surface area contributed by atoms with Crippen molar-refractivity contribution in [3.05, 3.63) is 63.4 Å². The smallest absolute Gasteiger partial charge is 0.127 e. The molecule has 0 bridgehead atoms. The van der Waals surface area contributed by atoms with Crippen molar-refractivity contribution in [1.29, 1.82) is 0 Å². The van der Waals surface area contributed by atoms with Gasteiger partial charge in [0, 0.05) is 27.6 Å². The lowest BCUT2D eigenvalue weighted by Gasteiger charge is -2.16. The standard InChI is InChI=1S/C15H13Cl2FO2/c1-20-15-6-5-9(16)7-11(15)14(19)8-10-12(17)3-2-4-13(10)18/h2-7,14,19H,8H2,1H3. The normalized spacial score (nSPS) is 12.2. The fraction of sp³-hybridized carbons (Fsp3) is 0.200. The summed E-state index contributed by atoms with van der Waals surface area (Å²) >= 11 is 11.9. The van der Waals surface area contributed by atoms with E-state index in [0.29, 0.717) is 16.3 Å². The Hall–Kier alpha value is -1.29. The first kappa shape index (κ1) is 15.1. The van der Waals surface area contributed by atoms with Crippen LogP contribution in [0, 0.1) is 5.82 Å². The Morgan fingerprint density at radius 3 is 2.65 bits per heavy atom. The van der Waals surface area contributed by atoms with Crippen molar-refractivity contribution < 1.29 is 14.2 Å². The first-order valence-electron chi connectivity index (χ1n) is 5.97. The number of rotatable bonds is 4. The van der Waals surface area contributed by atoms with Crippen LogP contribution in [-0.4, -0.2) is 12.2 Å². The van der Waals surface area contributed by atoms with Gasteiger partial charge in [-0.1, -0.05) is 29.3 Å². The molecule has 0 saturated carbocycles. The molecule has 0 radical (unpaired) electrons. The Balaban J connectivity index is 2.33. The van der Waals surface area contributed by atoms with Crippen molar-refractivity contribution in [3.8, 4) is 5.75 Å². The van der Waals surface area contributed by atoms with Crippen molar-refractivity contribution in [3.63, 3.8) is 0 Å². The number of aliphatic hydroxyl groups excluding tert-OH is 1. The molecule has 2 aromatic carbocycles. The third-order valence-electron chi connectivity index (χ3n) is 3.01. The lowest BCUT2D eigenvalue weighted by Crippen LogP contribution is -2.06. The number of hydrogen-bond donors (Lipinski definition) is 1.